The van der Waals surface area contributed by atoms with E-state index < -0.39 is 41.0 Å². The van der Waals surface area contributed by atoms with E-state index in [9.17, 15) is 24.5 Å². The van der Waals surface area contributed by atoms with Gasteiger partial charge in [-0.05, 0) is 12.0 Å². The fourth-order valence-electron chi connectivity index (χ4n) is 1.88. The molecule has 1 atom stereocenters. The first-order valence-corrected chi connectivity index (χ1v) is 7.26. The van der Waals surface area contributed by atoms with Crippen LogP contribution < -0.4 is 10.6 Å². The summed E-state index contributed by atoms with van der Waals surface area (Å²) in [6.45, 7) is 2.69. The van der Waals surface area contributed by atoms with Crippen molar-refractivity contribution in [1.29, 1.82) is 0 Å². The number of carboxylic acid groups (broad SMARTS) is 1. The number of benzene rings is 1. The number of carboxylic acids is 1. The molecular weight excluding hydrogens is 342 g/mol. The maximum atomic E-state index is 12.1. The van der Waals surface area contributed by atoms with Crippen LogP contribution in [0.15, 0.2) is 18.2 Å². The van der Waals surface area contributed by atoms with Gasteiger partial charge in [-0.25, -0.2) is 4.79 Å². The average molecular weight is 358 g/mol. The number of carbonyl (C=O) groups is 3. The summed E-state index contributed by atoms with van der Waals surface area (Å²) in [7, 11) is 0. The monoisotopic (exact) mass is 357 g/mol. The predicted molar refractivity (Wildman–Crippen MR) is 84.8 cm³/mol. The minimum Gasteiger partial charge on any atom is -0.480 e. The van der Waals surface area contributed by atoms with Gasteiger partial charge < -0.3 is 15.7 Å². The Hall–Kier alpha value is -2.68. The Balaban J connectivity index is 2.79. The van der Waals surface area contributed by atoms with Gasteiger partial charge in [0.15, 0.2) is 0 Å². The second-order valence-corrected chi connectivity index (χ2v) is 5.61. The Labute approximate surface area is 142 Å². The van der Waals surface area contributed by atoms with Gasteiger partial charge in [-0.15, -0.1) is 0 Å². The Morgan fingerprint density at radius 2 is 1.96 bits per heavy atom. The van der Waals surface area contributed by atoms with E-state index in [-0.39, 0.29) is 16.5 Å². The van der Waals surface area contributed by atoms with Crippen molar-refractivity contribution in [2.24, 2.45) is 5.92 Å². The summed E-state index contributed by atoms with van der Waals surface area (Å²) in [6, 6.07) is 2.64. The van der Waals surface area contributed by atoms with Gasteiger partial charge in [0.05, 0.1) is 16.5 Å². The number of nitro benzene ring substituents is 1. The lowest BCUT2D eigenvalue weighted by atomic mass is 10.0. The van der Waals surface area contributed by atoms with E-state index in [1.54, 1.807) is 13.8 Å². The van der Waals surface area contributed by atoms with Crippen molar-refractivity contribution in [3.63, 3.8) is 0 Å². The van der Waals surface area contributed by atoms with Crippen LogP contribution in [0.2, 0.25) is 5.02 Å². The third kappa shape index (κ3) is 4.92. The van der Waals surface area contributed by atoms with Crippen LogP contribution in [0.3, 0.4) is 0 Å². The molecule has 0 aliphatic carbocycles. The van der Waals surface area contributed by atoms with Crippen molar-refractivity contribution in [2.45, 2.75) is 19.9 Å². The van der Waals surface area contributed by atoms with Gasteiger partial charge in [-0.3, -0.25) is 19.7 Å². The highest BCUT2D eigenvalue weighted by Gasteiger charge is 2.26. The normalized spacial score (nSPS) is 11.7. The van der Waals surface area contributed by atoms with Crippen LogP contribution in [0.4, 0.5) is 5.69 Å². The van der Waals surface area contributed by atoms with E-state index in [2.05, 4.69) is 10.6 Å². The zero-order valence-electron chi connectivity index (χ0n) is 12.9. The zero-order chi connectivity index (χ0) is 18.4. The van der Waals surface area contributed by atoms with Crippen LogP contribution in [0, 0.1) is 16.0 Å². The van der Waals surface area contributed by atoms with Crippen molar-refractivity contribution in [1.82, 2.24) is 10.6 Å². The van der Waals surface area contributed by atoms with Crippen molar-refractivity contribution in [2.75, 3.05) is 6.54 Å². The first kappa shape index (κ1) is 19.4. The van der Waals surface area contributed by atoms with Gasteiger partial charge in [0.25, 0.3) is 11.6 Å². The number of hydrogen-bond acceptors (Lipinski definition) is 5. The molecule has 0 aliphatic rings. The second kappa shape index (κ2) is 8.25. The molecule has 9 nitrogen and oxygen atoms in total. The summed E-state index contributed by atoms with van der Waals surface area (Å²) in [5, 5.41) is 24.2. The second-order valence-electron chi connectivity index (χ2n) is 5.20. The highest BCUT2D eigenvalue weighted by Crippen LogP contribution is 2.25. The molecule has 0 saturated heterocycles. The van der Waals surface area contributed by atoms with Gasteiger partial charge in [-0.2, -0.15) is 0 Å². The van der Waals surface area contributed by atoms with E-state index in [0.29, 0.717) is 0 Å². The number of hydrogen-bond donors (Lipinski definition) is 3. The molecule has 130 valence electrons. The van der Waals surface area contributed by atoms with Crippen LogP contribution in [-0.4, -0.2) is 40.4 Å². The summed E-state index contributed by atoms with van der Waals surface area (Å²) in [6.07, 6.45) is 0. The first-order chi connectivity index (χ1) is 11.1. The minimum absolute atomic E-state index is 0.132. The summed E-state index contributed by atoms with van der Waals surface area (Å²) >= 11 is 5.81. The Bertz CT molecular complexity index is 676. The Morgan fingerprint density at radius 1 is 1.33 bits per heavy atom. The number of halogens is 1. The van der Waals surface area contributed by atoms with E-state index in [1.807, 2.05) is 0 Å². The maximum Gasteiger partial charge on any atom is 0.326 e. The van der Waals surface area contributed by atoms with Gasteiger partial charge >= 0.3 is 5.97 Å². The first-order valence-electron chi connectivity index (χ1n) is 6.88. The molecule has 0 bridgehead atoms. The quantitative estimate of drug-likeness (QED) is 0.495. The number of nitrogens with one attached hydrogen (secondary N) is 2. The number of nitrogens with zero attached hydrogens (tertiary/aromatic N) is 1. The average Bonchev–Trinajstić information content (AvgIpc) is 2.49. The molecule has 0 unspecified atom stereocenters. The summed E-state index contributed by atoms with van der Waals surface area (Å²) in [5.41, 5.74) is -0.860. The topological polar surface area (TPSA) is 139 Å². The van der Waals surface area contributed by atoms with Crippen LogP contribution in [0.25, 0.3) is 0 Å². The molecule has 0 aromatic heterocycles. The number of aliphatic carboxylic acids is 1. The fraction of sp³-hybridized carbons (Fsp3) is 0.357. The zero-order valence-corrected chi connectivity index (χ0v) is 13.7. The van der Waals surface area contributed by atoms with Crippen molar-refractivity contribution in [3.05, 3.63) is 38.9 Å². The van der Waals surface area contributed by atoms with E-state index >= 15 is 0 Å². The predicted octanol–water partition coefficient (Wildman–Crippen LogP) is 1.20. The lowest BCUT2D eigenvalue weighted by molar-refractivity contribution is -0.385. The van der Waals surface area contributed by atoms with E-state index in [1.165, 1.54) is 12.1 Å². The number of rotatable bonds is 7. The molecule has 0 aliphatic heterocycles. The molecule has 0 saturated carbocycles. The Morgan fingerprint density at radius 3 is 2.46 bits per heavy atom. The molecule has 2 amide bonds. The third-order valence-electron chi connectivity index (χ3n) is 3.07. The largest absolute Gasteiger partial charge is 0.480 e. The fourth-order valence-corrected chi connectivity index (χ4v) is 2.13. The summed E-state index contributed by atoms with van der Waals surface area (Å²) in [4.78, 5) is 45.0. The van der Waals surface area contributed by atoms with Gasteiger partial charge in [0, 0.05) is 6.07 Å². The van der Waals surface area contributed by atoms with Crippen molar-refractivity contribution < 1.29 is 24.4 Å². The van der Waals surface area contributed by atoms with E-state index in [0.717, 1.165) is 6.07 Å². The van der Waals surface area contributed by atoms with Crippen LogP contribution in [0.1, 0.15) is 24.2 Å². The summed E-state index contributed by atoms with van der Waals surface area (Å²) in [5.74, 6) is -3.20. The molecule has 0 fully saturated rings. The van der Waals surface area contributed by atoms with Crippen LogP contribution >= 0.6 is 11.6 Å². The number of carbonyl (C=O) groups excluding carboxylic acids is 2. The SMILES string of the molecule is CC(C)[C@@H](NC(=O)CNC(=O)c1c(Cl)cccc1[N+](=O)[O-])C(=O)O. The van der Waals surface area contributed by atoms with Crippen molar-refractivity contribution >= 4 is 35.1 Å². The molecule has 0 radical (unpaired) electrons. The lowest BCUT2D eigenvalue weighted by Crippen LogP contribution is -2.48. The molecule has 3 N–H and O–H groups in total. The molecule has 1 rings (SSSR count). The van der Waals surface area contributed by atoms with Crippen LogP contribution in [0.5, 0.6) is 0 Å². The maximum absolute atomic E-state index is 12.1. The van der Waals surface area contributed by atoms with Gasteiger partial charge in [-0.1, -0.05) is 31.5 Å². The number of amides is 2. The smallest absolute Gasteiger partial charge is 0.326 e. The minimum atomic E-state index is -1.20. The van der Waals surface area contributed by atoms with Crippen molar-refractivity contribution in [3.8, 4) is 0 Å². The van der Waals surface area contributed by atoms with Crippen LogP contribution in [-0.2, 0) is 9.59 Å². The van der Waals surface area contributed by atoms with E-state index in [4.69, 9.17) is 16.7 Å². The standard InChI is InChI=1S/C14H16ClN3O6/c1-7(2)12(14(21)22)17-10(19)6-16-13(20)11-8(15)4-3-5-9(11)18(23)24/h3-5,7,12H,6H2,1-2H3,(H,16,20)(H,17,19)(H,21,22)/t12-/m1/s1. The molecule has 24 heavy (non-hydrogen) atoms. The highest BCUT2D eigenvalue weighted by atomic mass is 35.5. The molecular formula is C14H16ClN3O6. The van der Waals surface area contributed by atoms with Gasteiger partial charge in [0.2, 0.25) is 5.91 Å². The van der Waals surface area contributed by atoms with Gasteiger partial charge in [0.1, 0.15) is 11.6 Å². The molecule has 0 spiro atoms. The summed E-state index contributed by atoms with van der Waals surface area (Å²) < 4.78 is 0. The lowest BCUT2D eigenvalue weighted by Gasteiger charge is -2.18. The molecule has 10 heteroatoms. The Kier molecular flexibility index (Phi) is 6.66. The number of nitro groups is 1. The molecule has 1 aromatic rings. The molecule has 0 heterocycles. The highest BCUT2D eigenvalue weighted by molar-refractivity contribution is 6.34. The third-order valence-corrected chi connectivity index (χ3v) is 3.39. The molecule has 1 aromatic carbocycles.